The molecule has 0 saturated heterocycles. The average molecular weight is 227 g/mol. The second kappa shape index (κ2) is 4.86. The van der Waals surface area contributed by atoms with Crippen molar-refractivity contribution in [1.29, 1.82) is 0 Å². The van der Waals surface area contributed by atoms with Gasteiger partial charge in [0.2, 0.25) is 0 Å². The van der Waals surface area contributed by atoms with E-state index in [1.54, 1.807) is 6.07 Å². The summed E-state index contributed by atoms with van der Waals surface area (Å²) in [6.07, 6.45) is 3.79. The van der Waals surface area contributed by atoms with Crippen LogP contribution >= 0.6 is 11.6 Å². The number of halogens is 1. The molecule has 1 N–H and O–H groups in total. The average Bonchev–Trinajstić information content (AvgIpc) is 3.02. The van der Waals surface area contributed by atoms with E-state index >= 15 is 0 Å². The summed E-state index contributed by atoms with van der Waals surface area (Å²) in [6.45, 7) is 0.649. The molecule has 15 heavy (non-hydrogen) atoms. The number of aliphatic hydroxyl groups excluding tert-OH is 1. The first-order valence-electron chi connectivity index (χ1n) is 5.32. The predicted octanol–water partition coefficient (Wildman–Crippen LogP) is 3.01. The lowest BCUT2D eigenvalue weighted by molar-refractivity contribution is 0.259. The first-order valence-corrected chi connectivity index (χ1v) is 5.70. The molecule has 0 aromatic heterocycles. The molecule has 0 unspecified atom stereocenters. The van der Waals surface area contributed by atoms with Crippen LogP contribution in [0.25, 0.3) is 0 Å². The topological polar surface area (TPSA) is 29.5 Å². The molecule has 0 amide bonds. The Morgan fingerprint density at radius 2 is 2.20 bits per heavy atom. The molecule has 1 aliphatic carbocycles. The van der Waals surface area contributed by atoms with Gasteiger partial charge in [-0.1, -0.05) is 30.5 Å². The molecule has 0 aliphatic heterocycles. The van der Waals surface area contributed by atoms with Crippen LogP contribution in [0.4, 0.5) is 0 Å². The van der Waals surface area contributed by atoms with E-state index in [4.69, 9.17) is 21.4 Å². The Hall–Kier alpha value is -0.730. The molecule has 1 aliphatic rings. The minimum Gasteiger partial charge on any atom is -0.493 e. The van der Waals surface area contributed by atoms with E-state index in [0.29, 0.717) is 16.3 Å². The highest BCUT2D eigenvalue weighted by Crippen LogP contribution is 2.33. The fraction of sp³-hybridized carbons (Fsp3) is 0.500. The Morgan fingerprint density at radius 3 is 2.87 bits per heavy atom. The summed E-state index contributed by atoms with van der Waals surface area (Å²) in [5, 5.41) is 9.73. The van der Waals surface area contributed by atoms with E-state index in [1.165, 1.54) is 12.8 Å². The minimum atomic E-state index is -0.0710. The van der Waals surface area contributed by atoms with E-state index < -0.39 is 0 Å². The zero-order valence-corrected chi connectivity index (χ0v) is 9.33. The molecule has 1 aromatic rings. The molecule has 0 radical (unpaired) electrons. The zero-order valence-electron chi connectivity index (χ0n) is 8.58. The van der Waals surface area contributed by atoms with Crippen LogP contribution in [0.2, 0.25) is 5.02 Å². The van der Waals surface area contributed by atoms with Crippen LogP contribution in [0.3, 0.4) is 0 Å². The van der Waals surface area contributed by atoms with Gasteiger partial charge in [-0.15, -0.1) is 0 Å². The first-order chi connectivity index (χ1) is 7.31. The van der Waals surface area contributed by atoms with Crippen LogP contribution in [-0.4, -0.2) is 11.7 Å². The second-order valence-corrected chi connectivity index (χ2v) is 4.36. The second-order valence-electron chi connectivity index (χ2n) is 3.96. The van der Waals surface area contributed by atoms with Crippen molar-refractivity contribution in [2.24, 2.45) is 5.92 Å². The van der Waals surface area contributed by atoms with Gasteiger partial charge in [0.05, 0.1) is 13.2 Å². The summed E-state index contributed by atoms with van der Waals surface area (Å²) in [7, 11) is 0. The van der Waals surface area contributed by atoms with Crippen LogP contribution < -0.4 is 4.74 Å². The highest BCUT2D eigenvalue weighted by Gasteiger charge is 2.20. The van der Waals surface area contributed by atoms with Gasteiger partial charge < -0.3 is 9.84 Å². The summed E-state index contributed by atoms with van der Waals surface area (Å²) in [5.74, 6) is 1.58. The zero-order chi connectivity index (χ0) is 10.7. The third kappa shape index (κ3) is 2.86. The third-order valence-electron chi connectivity index (χ3n) is 2.71. The van der Waals surface area contributed by atoms with Crippen molar-refractivity contribution in [3.05, 3.63) is 28.8 Å². The minimum absolute atomic E-state index is 0.0710. The first kappa shape index (κ1) is 10.8. The molecule has 0 spiro atoms. The Labute approximate surface area is 94.8 Å². The maximum atomic E-state index is 9.16. The van der Waals surface area contributed by atoms with Gasteiger partial charge in [0.15, 0.2) is 0 Å². The van der Waals surface area contributed by atoms with Gasteiger partial charge in [0, 0.05) is 10.6 Å². The highest BCUT2D eigenvalue weighted by atomic mass is 35.5. The molecule has 1 saturated carbocycles. The smallest absolute Gasteiger partial charge is 0.126 e. The van der Waals surface area contributed by atoms with Crippen molar-refractivity contribution in [2.75, 3.05) is 6.61 Å². The molecular formula is C12H15ClO2. The van der Waals surface area contributed by atoms with E-state index in [1.807, 2.05) is 12.1 Å². The third-order valence-corrected chi connectivity index (χ3v) is 3.07. The van der Waals surface area contributed by atoms with Gasteiger partial charge in [-0.2, -0.15) is 0 Å². The van der Waals surface area contributed by atoms with Crippen LogP contribution in [0, 0.1) is 5.92 Å². The number of hydrogen-bond donors (Lipinski definition) is 1. The highest BCUT2D eigenvalue weighted by molar-refractivity contribution is 6.31. The summed E-state index contributed by atoms with van der Waals surface area (Å²) in [4.78, 5) is 0. The molecule has 0 heterocycles. The molecular weight excluding hydrogens is 212 g/mol. The molecule has 1 aromatic carbocycles. The molecule has 2 nitrogen and oxygen atoms in total. The molecule has 1 fully saturated rings. The summed E-state index contributed by atoms with van der Waals surface area (Å²) in [5.41, 5.74) is 0.690. The normalized spacial score (nSPS) is 15.3. The van der Waals surface area contributed by atoms with E-state index in [9.17, 15) is 0 Å². The Morgan fingerprint density at radius 1 is 1.40 bits per heavy atom. The number of ether oxygens (including phenoxy) is 1. The van der Waals surface area contributed by atoms with Gasteiger partial charge in [0.1, 0.15) is 5.75 Å². The lowest BCUT2D eigenvalue weighted by atomic mass is 10.2. The lowest BCUT2D eigenvalue weighted by Crippen LogP contribution is -2.01. The maximum absolute atomic E-state index is 9.16. The molecule has 0 atom stereocenters. The Bertz CT molecular complexity index is 334. The quantitative estimate of drug-likeness (QED) is 0.837. The van der Waals surface area contributed by atoms with Crippen molar-refractivity contribution in [1.82, 2.24) is 0 Å². The molecule has 82 valence electrons. The number of hydrogen-bond acceptors (Lipinski definition) is 2. The largest absolute Gasteiger partial charge is 0.493 e. The predicted molar refractivity (Wildman–Crippen MR) is 60.2 cm³/mol. The summed E-state index contributed by atoms with van der Waals surface area (Å²) < 4.78 is 5.62. The Kier molecular flexibility index (Phi) is 3.49. The monoisotopic (exact) mass is 226 g/mol. The number of rotatable bonds is 5. The van der Waals surface area contributed by atoms with E-state index in [0.717, 1.165) is 18.9 Å². The van der Waals surface area contributed by atoms with Crippen molar-refractivity contribution in [3.63, 3.8) is 0 Å². The van der Waals surface area contributed by atoms with Crippen molar-refractivity contribution in [2.45, 2.75) is 25.9 Å². The van der Waals surface area contributed by atoms with Gasteiger partial charge in [0.25, 0.3) is 0 Å². The van der Waals surface area contributed by atoms with Crippen LogP contribution in [0.15, 0.2) is 18.2 Å². The van der Waals surface area contributed by atoms with Crippen molar-refractivity contribution >= 4 is 11.6 Å². The van der Waals surface area contributed by atoms with Crippen LogP contribution in [-0.2, 0) is 6.61 Å². The van der Waals surface area contributed by atoms with Gasteiger partial charge >= 0.3 is 0 Å². The van der Waals surface area contributed by atoms with Gasteiger partial charge in [-0.05, 0) is 24.5 Å². The number of benzene rings is 1. The fourth-order valence-corrected chi connectivity index (χ4v) is 1.80. The molecule has 2 rings (SSSR count). The molecule has 0 bridgehead atoms. The standard InChI is InChI=1S/C12H15ClO2/c13-11-2-1-3-12(10(11)8-14)15-7-6-9-4-5-9/h1-3,9,14H,4-8H2. The molecule has 3 heteroatoms. The van der Waals surface area contributed by atoms with E-state index in [-0.39, 0.29) is 6.61 Å². The number of aliphatic hydroxyl groups is 1. The fourth-order valence-electron chi connectivity index (χ4n) is 1.57. The van der Waals surface area contributed by atoms with Crippen LogP contribution in [0.1, 0.15) is 24.8 Å². The van der Waals surface area contributed by atoms with Crippen LogP contribution in [0.5, 0.6) is 5.75 Å². The van der Waals surface area contributed by atoms with Crippen molar-refractivity contribution < 1.29 is 9.84 Å². The summed E-state index contributed by atoms with van der Waals surface area (Å²) >= 11 is 5.94. The van der Waals surface area contributed by atoms with Crippen molar-refractivity contribution in [3.8, 4) is 5.75 Å². The van der Waals surface area contributed by atoms with Gasteiger partial charge in [-0.3, -0.25) is 0 Å². The maximum Gasteiger partial charge on any atom is 0.126 e. The summed E-state index contributed by atoms with van der Waals surface area (Å²) in [6, 6.07) is 5.46. The van der Waals surface area contributed by atoms with Gasteiger partial charge in [-0.25, -0.2) is 0 Å². The Balaban J connectivity index is 1.95. The SMILES string of the molecule is OCc1c(Cl)cccc1OCCC1CC1. The lowest BCUT2D eigenvalue weighted by Gasteiger charge is -2.10. The van der Waals surface area contributed by atoms with E-state index in [2.05, 4.69) is 0 Å².